The molecule has 1 nitrogen and oxygen atoms in total. The van der Waals surface area contributed by atoms with Crippen molar-refractivity contribution in [1.82, 2.24) is 0 Å². The molecule has 1 aromatic heterocycles. The summed E-state index contributed by atoms with van der Waals surface area (Å²) in [6, 6.07) is 52.4. The first kappa shape index (κ1) is 27.9. The summed E-state index contributed by atoms with van der Waals surface area (Å²) in [6.45, 7) is 9.49. The van der Waals surface area contributed by atoms with Crippen molar-refractivity contribution in [3.8, 4) is 22.3 Å². The van der Waals surface area contributed by atoms with Crippen LogP contribution in [0.1, 0.15) is 49.9 Å². The second-order valence-corrected chi connectivity index (χ2v) is 15.6. The minimum absolute atomic E-state index is 0.0860. The van der Waals surface area contributed by atoms with Gasteiger partial charge in [-0.3, -0.25) is 0 Å². The van der Waals surface area contributed by atoms with Crippen molar-refractivity contribution in [2.24, 2.45) is 0 Å². The molecule has 0 unspecified atom stereocenters. The van der Waals surface area contributed by atoms with Crippen LogP contribution in [-0.2, 0) is 10.8 Å². The third-order valence-electron chi connectivity index (χ3n) is 11.3. The van der Waals surface area contributed by atoms with E-state index in [0.29, 0.717) is 0 Å². The predicted molar refractivity (Wildman–Crippen MR) is 207 cm³/mol. The molecule has 0 spiro atoms. The van der Waals surface area contributed by atoms with Crippen molar-refractivity contribution in [1.29, 1.82) is 0 Å². The molecule has 2 heteroatoms. The number of rotatable bonds is 3. The topological polar surface area (TPSA) is 3.24 Å². The monoisotopic (exact) mass is 633 g/mol. The Kier molecular flexibility index (Phi) is 5.63. The lowest BCUT2D eigenvalue weighted by molar-refractivity contribution is 0.660. The molecule has 0 atom stereocenters. The summed E-state index contributed by atoms with van der Waals surface area (Å²) in [6.07, 6.45) is 0. The van der Waals surface area contributed by atoms with Gasteiger partial charge in [-0.25, -0.2) is 0 Å². The van der Waals surface area contributed by atoms with Crippen molar-refractivity contribution in [3.63, 3.8) is 0 Å². The zero-order valence-electron chi connectivity index (χ0n) is 27.6. The van der Waals surface area contributed by atoms with Gasteiger partial charge in [0.1, 0.15) is 0 Å². The molecule has 48 heavy (non-hydrogen) atoms. The Hall–Kier alpha value is -5.18. The maximum atomic E-state index is 2.57. The van der Waals surface area contributed by atoms with Gasteiger partial charge in [0, 0.05) is 47.8 Å². The normalized spacial score (nSPS) is 15.0. The van der Waals surface area contributed by atoms with E-state index in [4.69, 9.17) is 0 Å². The Morgan fingerprint density at radius 3 is 1.65 bits per heavy atom. The lowest BCUT2D eigenvalue weighted by atomic mass is 9.82. The van der Waals surface area contributed by atoms with Crippen LogP contribution in [0.2, 0.25) is 0 Å². The smallest absolute Gasteiger partial charge is 0.0543 e. The fourth-order valence-corrected chi connectivity index (χ4v) is 10.2. The van der Waals surface area contributed by atoms with E-state index >= 15 is 0 Å². The van der Waals surface area contributed by atoms with Gasteiger partial charge >= 0.3 is 0 Å². The van der Waals surface area contributed by atoms with Crippen LogP contribution >= 0.6 is 11.3 Å². The summed E-state index contributed by atoms with van der Waals surface area (Å²) < 4.78 is 2.67. The van der Waals surface area contributed by atoms with Gasteiger partial charge in [0.05, 0.1) is 11.4 Å². The summed E-state index contributed by atoms with van der Waals surface area (Å²) >= 11 is 1.91. The number of hydrogen-bond donors (Lipinski definition) is 0. The number of thiophene rings is 1. The highest BCUT2D eigenvalue weighted by Gasteiger charge is 2.40. The predicted octanol–water partition coefficient (Wildman–Crippen LogP) is 13.3. The second-order valence-electron chi connectivity index (χ2n) is 14.5. The highest BCUT2D eigenvalue weighted by molar-refractivity contribution is 7.26. The Labute approximate surface area is 285 Å². The highest BCUT2D eigenvalue weighted by atomic mass is 32.1. The molecule has 0 saturated carbocycles. The fraction of sp³-hybridized carbons (Fsp3) is 0.130. The molecule has 8 aromatic rings. The molecule has 230 valence electrons. The van der Waals surface area contributed by atoms with Crippen LogP contribution in [0.3, 0.4) is 0 Å². The van der Waals surface area contributed by atoms with Crippen LogP contribution < -0.4 is 4.90 Å². The summed E-state index contributed by atoms with van der Waals surface area (Å²) in [7, 11) is 0. The van der Waals surface area contributed by atoms with Crippen LogP contribution in [0.5, 0.6) is 0 Å². The number of hydrogen-bond acceptors (Lipinski definition) is 2. The van der Waals surface area contributed by atoms with Crippen molar-refractivity contribution in [3.05, 3.63) is 162 Å². The molecule has 2 aliphatic carbocycles. The summed E-state index contributed by atoms with van der Waals surface area (Å²) in [5.41, 5.74) is 14.4. The highest BCUT2D eigenvalue weighted by Crippen LogP contribution is 2.58. The zero-order chi connectivity index (χ0) is 32.4. The average Bonchev–Trinajstić information content (AvgIpc) is 3.69. The maximum absolute atomic E-state index is 2.57. The van der Waals surface area contributed by atoms with E-state index in [2.05, 4.69) is 172 Å². The van der Waals surface area contributed by atoms with E-state index in [-0.39, 0.29) is 10.8 Å². The standard InChI is InChI=1S/C46H35NS/c1-45(2)35-17-9-7-15-33(35)42-37(45)19-11-21-39(42)47(40-22-12-20-38-43(40)34-16-8-10-18-36(34)46(38,3)4)29-24-26-31-32-25-23-28-13-5-6-14-30(28)44(32)48-41(31)27-29/h5-27H,1-4H3. The molecule has 0 saturated heterocycles. The third-order valence-corrected chi connectivity index (χ3v) is 12.5. The second kappa shape index (κ2) is 9.69. The molecule has 0 fully saturated rings. The van der Waals surface area contributed by atoms with E-state index in [1.807, 2.05) is 11.3 Å². The van der Waals surface area contributed by atoms with E-state index in [1.165, 1.54) is 92.5 Å². The van der Waals surface area contributed by atoms with E-state index < -0.39 is 0 Å². The number of fused-ring (bicyclic) bond motifs is 11. The first-order chi connectivity index (χ1) is 23.3. The number of nitrogens with zero attached hydrogens (tertiary/aromatic N) is 1. The minimum atomic E-state index is -0.0860. The summed E-state index contributed by atoms with van der Waals surface area (Å²) in [5.74, 6) is 0. The molecule has 1 heterocycles. The van der Waals surface area contributed by atoms with Gasteiger partial charge in [0.2, 0.25) is 0 Å². The van der Waals surface area contributed by atoms with Crippen LogP contribution in [0, 0.1) is 0 Å². The molecule has 0 bridgehead atoms. The average molecular weight is 634 g/mol. The van der Waals surface area contributed by atoms with Gasteiger partial charge in [0.25, 0.3) is 0 Å². The molecule has 0 amide bonds. The van der Waals surface area contributed by atoms with Crippen molar-refractivity contribution >= 4 is 59.3 Å². The largest absolute Gasteiger partial charge is 0.309 e. The van der Waals surface area contributed by atoms with Crippen LogP contribution in [0.4, 0.5) is 17.1 Å². The molecule has 10 rings (SSSR count). The minimum Gasteiger partial charge on any atom is -0.309 e. The summed E-state index contributed by atoms with van der Waals surface area (Å²) in [5, 5.41) is 5.27. The molecular weight excluding hydrogens is 599 g/mol. The molecule has 0 radical (unpaired) electrons. The van der Waals surface area contributed by atoms with Crippen LogP contribution in [0.25, 0.3) is 53.2 Å². The summed E-state index contributed by atoms with van der Waals surface area (Å²) in [4.78, 5) is 2.57. The van der Waals surface area contributed by atoms with Crippen molar-refractivity contribution in [2.75, 3.05) is 4.90 Å². The molecule has 2 aliphatic rings. The zero-order valence-corrected chi connectivity index (χ0v) is 28.5. The van der Waals surface area contributed by atoms with Gasteiger partial charge in [-0.15, -0.1) is 11.3 Å². The lowest BCUT2D eigenvalue weighted by Crippen LogP contribution is -2.17. The first-order valence-corrected chi connectivity index (χ1v) is 17.8. The third kappa shape index (κ3) is 3.61. The van der Waals surface area contributed by atoms with Crippen LogP contribution in [0.15, 0.2) is 140 Å². The fourth-order valence-electron chi connectivity index (χ4n) is 8.88. The number of benzene rings is 7. The molecule has 7 aromatic carbocycles. The Morgan fingerprint density at radius 1 is 0.458 bits per heavy atom. The van der Waals surface area contributed by atoms with Gasteiger partial charge in [-0.05, 0) is 68.4 Å². The first-order valence-electron chi connectivity index (χ1n) is 16.9. The SMILES string of the molecule is CC1(C)c2ccccc2-c2c(N(c3ccc4c(c3)sc3c5ccccc5ccc43)c3cccc4c3-c3ccccc3C4(C)C)cccc21. The van der Waals surface area contributed by atoms with E-state index in [9.17, 15) is 0 Å². The Bertz CT molecular complexity index is 2530. The maximum Gasteiger partial charge on any atom is 0.0543 e. The van der Waals surface area contributed by atoms with E-state index in [1.54, 1.807) is 0 Å². The Balaban J connectivity index is 1.29. The van der Waals surface area contributed by atoms with Gasteiger partial charge in [-0.1, -0.05) is 143 Å². The van der Waals surface area contributed by atoms with Crippen LogP contribution in [-0.4, -0.2) is 0 Å². The quantitative estimate of drug-likeness (QED) is 0.187. The van der Waals surface area contributed by atoms with Crippen molar-refractivity contribution in [2.45, 2.75) is 38.5 Å². The molecular formula is C46H35NS. The van der Waals surface area contributed by atoms with Gasteiger partial charge < -0.3 is 4.90 Å². The lowest BCUT2D eigenvalue weighted by Gasteiger charge is -2.31. The Morgan fingerprint density at radius 2 is 1.00 bits per heavy atom. The molecule has 0 N–H and O–H groups in total. The van der Waals surface area contributed by atoms with Gasteiger partial charge in [-0.2, -0.15) is 0 Å². The number of anilines is 3. The molecule has 0 aliphatic heterocycles. The van der Waals surface area contributed by atoms with E-state index in [0.717, 1.165) is 0 Å². The van der Waals surface area contributed by atoms with Crippen molar-refractivity contribution < 1.29 is 0 Å². The van der Waals surface area contributed by atoms with Gasteiger partial charge in [0.15, 0.2) is 0 Å².